The van der Waals surface area contributed by atoms with E-state index in [0.29, 0.717) is 17.6 Å². The number of hydrogen-bond acceptors (Lipinski definition) is 7. The lowest BCUT2D eigenvalue weighted by atomic mass is 9.95. The van der Waals surface area contributed by atoms with Crippen molar-refractivity contribution in [1.82, 2.24) is 24.1 Å². The standard InChI is InChI=1S/C87H49N5S4/c1-3-17-50(18-4-1)52-33-37-79-69(44-52)71-46-54(35-39-81(71)93-79)56-41-57(55-36-40-82-72(47-55)70-45-53(34-38-80(70)94-82)51-19-5-2-6-20-51)43-58(42-56)91-73-29-11-7-21-59(73)67-49-76-68(48-75(67)91)60-22-8-12-30-74(60)92(76)87-89-85(65-27-15-25-63-61-23-9-13-31-77(61)95-83(63)65)88-86(90-87)66-28-16-26-64-62-24-10-14-32-78(62)96-84(64)66/h1-49H. The Morgan fingerprint density at radius 3 is 1.05 bits per heavy atom. The molecule has 14 aromatic carbocycles. The summed E-state index contributed by atoms with van der Waals surface area (Å²) in [6.07, 6.45) is 0. The normalized spacial score (nSPS) is 12.2. The second kappa shape index (κ2) is 21.0. The Hall–Kier alpha value is -11.4. The molecule has 5 nitrogen and oxygen atoms in total. The second-order valence-corrected chi connectivity index (χ2v) is 29.3. The number of rotatable bonds is 8. The lowest BCUT2D eigenvalue weighted by Gasteiger charge is -2.15. The average Bonchev–Trinajstić information content (AvgIpc) is 1.55. The number of thiophene rings is 4. The Morgan fingerprint density at radius 1 is 0.208 bits per heavy atom. The maximum Gasteiger partial charge on any atom is 0.238 e. The van der Waals surface area contributed by atoms with Gasteiger partial charge in [0.2, 0.25) is 5.95 Å². The van der Waals surface area contributed by atoms with Crippen LogP contribution in [0.4, 0.5) is 0 Å². The summed E-state index contributed by atoms with van der Waals surface area (Å²) in [7, 11) is 0. The Bertz CT molecular complexity index is 6530. The van der Waals surface area contributed by atoms with Crippen molar-refractivity contribution < 1.29 is 0 Å². The highest BCUT2D eigenvalue weighted by atomic mass is 32.1. The molecule has 0 saturated carbocycles. The summed E-state index contributed by atoms with van der Waals surface area (Å²) >= 11 is 7.32. The first-order valence-electron chi connectivity index (χ1n) is 32.3. The zero-order valence-corrected chi connectivity index (χ0v) is 54.4. The molecule has 0 N–H and O–H groups in total. The third kappa shape index (κ3) is 8.35. The van der Waals surface area contributed by atoms with E-state index < -0.39 is 0 Å². The van der Waals surface area contributed by atoms with Gasteiger partial charge < -0.3 is 4.57 Å². The SMILES string of the molecule is c1ccc(-c2ccc3sc4ccc(-c5cc(-c6ccc7sc8ccc(-c9ccccc9)cc8c7c6)cc(-n6c7ccccc7c7cc8c(cc76)c6ccccc6n8-c6nc(-c7cccc8c7sc7ccccc78)nc(-c7cccc8c7sc7ccccc78)n6)c5)cc4c3c2)cc1. The summed E-state index contributed by atoms with van der Waals surface area (Å²) in [5.74, 6) is 1.84. The van der Waals surface area contributed by atoms with Crippen LogP contribution in [0.1, 0.15) is 0 Å². The molecule has 21 aromatic rings. The van der Waals surface area contributed by atoms with E-state index in [1.807, 2.05) is 22.7 Å². The molecule has 0 amide bonds. The highest BCUT2D eigenvalue weighted by Crippen LogP contribution is 2.47. The van der Waals surface area contributed by atoms with Crippen LogP contribution in [0.15, 0.2) is 297 Å². The van der Waals surface area contributed by atoms with Crippen LogP contribution < -0.4 is 0 Å². The fraction of sp³-hybridized carbons (Fsp3) is 0. The largest absolute Gasteiger partial charge is 0.309 e. The second-order valence-electron chi connectivity index (χ2n) is 25.0. The Morgan fingerprint density at radius 2 is 0.583 bits per heavy atom. The molecule has 0 aliphatic rings. The molecular formula is C87H49N5S4. The van der Waals surface area contributed by atoms with E-state index in [0.717, 1.165) is 81.0 Å². The first-order valence-corrected chi connectivity index (χ1v) is 35.5. The monoisotopic (exact) mass is 1290 g/mol. The van der Waals surface area contributed by atoms with Crippen molar-refractivity contribution in [3.8, 4) is 78.9 Å². The molecule has 0 aliphatic carbocycles. The van der Waals surface area contributed by atoms with Gasteiger partial charge in [-0.25, -0.2) is 4.98 Å². The summed E-state index contributed by atoms with van der Waals surface area (Å²) in [6, 6.07) is 110. The van der Waals surface area contributed by atoms with Crippen LogP contribution in [-0.4, -0.2) is 24.1 Å². The summed E-state index contributed by atoms with van der Waals surface area (Å²) in [6.45, 7) is 0. The number of nitrogens with zero attached hydrogens (tertiary/aromatic N) is 5. The molecule has 21 rings (SSSR count). The van der Waals surface area contributed by atoms with E-state index in [1.54, 1.807) is 22.7 Å². The van der Waals surface area contributed by atoms with E-state index in [2.05, 4.69) is 306 Å². The molecule has 0 radical (unpaired) electrons. The third-order valence-corrected chi connectivity index (χ3v) is 24.3. The van der Waals surface area contributed by atoms with E-state index >= 15 is 0 Å². The van der Waals surface area contributed by atoms with Crippen molar-refractivity contribution in [3.05, 3.63) is 297 Å². The van der Waals surface area contributed by atoms with E-state index in [4.69, 9.17) is 15.0 Å². The van der Waals surface area contributed by atoms with Gasteiger partial charge in [0.1, 0.15) is 0 Å². The van der Waals surface area contributed by atoms with Crippen LogP contribution in [0.2, 0.25) is 0 Å². The summed E-state index contributed by atoms with van der Waals surface area (Å²) in [4.78, 5) is 16.8. The molecule has 0 bridgehead atoms. The van der Waals surface area contributed by atoms with Crippen molar-refractivity contribution in [1.29, 1.82) is 0 Å². The lowest BCUT2D eigenvalue weighted by molar-refractivity contribution is 0.956. The van der Waals surface area contributed by atoms with Gasteiger partial charge in [0.15, 0.2) is 11.6 Å². The van der Waals surface area contributed by atoms with Crippen LogP contribution in [0.3, 0.4) is 0 Å². The lowest BCUT2D eigenvalue weighted by Crippen LogP contribution is -2.06. The first kappa shape index (κ1) is 54.0. The van der Waals surface area contributed by atoms with E-state index in [9.17, 15) is 0 Å². The van der Waals surface area contributed by atoms with Gasteiger partial charge in [-0.15, -0.1) is 45.3 Å². The number of hydrogen-bond donors (Lipinski definition) is 0. The van der Waals surface area contributed by atoms with Crippen molar-refractivity contribution in [2.45, 2.75) is 0 Å². The number of benzene rings is 14. The molecular weight excluding hydrogens is 1240 g/mol. The van der Waals surface area contributed by atoms with Crippen LogP contribution in [0.25, 0.3) is 203 Å². The first-order chi connectivity index (χ1) is 47.5. The topological polar surface area (TPSA) is 48.5 Å². The van der Waals surface area contributed by atoms with Crippen molar-refractivity contribution in [2.24, 2.45) is 0 Å². The van der Waals surface area contributed by atoms with Gasteiger partial charge in [-0.2, -0.15) is 9.97 Å². The van der Waals surface area contributed by atoms with Gasteiger partial charge >= 0.3 is 0 Å². The molecule has 9 heteroatoms. The summed E-state index contributed by atoms with van der Waals surface area (Å²) < 4.78 is 14.7. The van der Waals surface area contributed by atoms with Gasteiger partial charge in [0.25, 0.3) is 0 Å². The molecule has 0 unspecified atom stereocenters. The minimum absolute atomic E-state index is 0.566. The highest BCUT2D eigenvalue weighted by molar-refractivity contribution is 7.27. The molecule has 0 fully saturated rings. The van der Waals surface area contributed by atoms with E-state index in [1.165, 1.54) is 105 Å². The molecule has 446 valence electrons. The number of fused-ring (bicyclic) bond motifs is 18. The van der Waals surface area contributed by atoms with Gasteiger partial charge in [0, 0.05) is 119 Å². The van der Waals surface area contributed by atoms with Crippen LogP contribution >= 0.6 is 45.3 Å². The highest BCUT2D eigenvalue weighted by Gasteiger charge is 2.25. The quantitative estimate of drug-likeness (QED) is 0.152. The minimum atomic E-state index is 0.566. The zero-order valence-electron chi connectivity index (χ0n) is 51.2. The Balaban J connectivity index is 0.799. The van der Waals surface area contributed by atoms with Crippen molar-refractivity contribution in [2.75, 3.05) is 0 Å². The fourth-order valence-electron chi connectivity index (χ4n) is 15.1. The fourth-order valence-corrected chi connectivity index (χ4v) is 19.6. The predicted octanol–water partition coefficient (Wildman–Crippen LogP) is 25.5. The molecule has 7 heterocycles. The summed E-state index contributed by atoms with van der Waals surface area (Å²) in [5.41, 5.74) is 16.8. The van der Waals surface area contributed by atoms with Crippen molar-refractivity contribution >= 4 is 170 Å². The third-order valence-electron chi connectivity index (χ3n) is 19.6. The van der Waals surface area contributed by atoms with E-state index in [-0.39, 0.29) is 0 Å². The summed E-state index contributed by atoms with van der Waals surface area (Å²) in [5, 5.41) is 14.4. The van der Waals surface area contributed by atoms with Crippen LogP contribution in [-0.2, 0) is 0 Å². The maximum atomic E-state index is 5.63. The molecule has 7 aromatic heterocycles. The molecule has 0 spiro atoms. The van der Waals surface area contributed by atoms with Gasteiger partial charge in [-0.1, -0.05) is 182 Å². The van der Waals surface area contributed by atoms with Crippen LogP contribution in [0.5, 0.6) is 0 Å². The van der Waals surface area contributed by atoms with Crippen LogP contribution in [0, 0.1) is 0 Å². The molecule has 0 atom stereocenters. The van der Waals surface area contributed by atoms with Crippen molar-refractivity contribution in [3.63, 3.8) is 0 Å². The smallest absolute Gasteiger partial charge is 0.238 e. The van der Waals surface area contributed by atoms with Gasteiger partial charge in [-0.05, 0) is 160 Å². The molecule has 96 heavy (non-hydrogen) atoms. The van der Waals surface area contributed by atoms with Gasteiger partial charge in [0.05, 0.1) is 22.1 Å². The minimum Gasteiger partial charge on any atom is -0.309 e. The average molecular weight is 1290 g/mol. The van der Waals surface area contributed by atoms with Gasteiger partial charge in [-0.3, -0.25) is 4.57 Å². The number of para-hydroxylation sites is 2. The Kier molecular flexibility index (Phi) is 11.8. The number of aromatic nitrogens is 5. The Labute approximate surface area is 565 Å². The zero-order chi connectivity index (χ0) is 62.7. The predicted molar refractivity (Wildman–Crippen MR) is 413 cm³/mol. The maximum absolute atomic E-state index is 5.63. The molecule has 0 saturated heterocycles. The molecule has 0 aliphatic heterocycles.